The quantitative estimate of drug-likeness (QED) is 0.634. The molecular weight excluding hydrogens is 266 g/mol. The van der Waals surface area contributed by atoms with E-state index in [1.807, 2.05) is 17.8 Å². The van der Waals surface area contributed by atoms with Gasteiger partial charge in [0.15, 0.2) is 0 Å². The predicted molar refractivity (Wildman–Crippen MR) is 90.9 cm³/mol. The molecule has 1 aromatic rings. The predicted octanol–water partition coefficient (Wildman–Crippen LogP) is 4.66. The Bertz CT molecular complexity index is 368. The Labute approximate surface area is 128 Å². The molecule has 0 spiro atoms. The lowest BCUT2D eigenvalue weighted by atomic mass is 10.1. The van der Waals surface area contributed by atoms with Crippen LogP contribution in [0.25, 0.3) is 0 Å². The van der Waals surface area contributed by atoms with Crippen molar-refractivity contribution in [3.05, 3.63) is 29.8 Å². The van der Waals surface area contributed by atoms with Gasteiger partial charge in [-0.05, 0) is 56.7 Å². The zero-order chi connectivity index (χ0) is 14.8. The van der Waals surface area contributed by atoms with Gasteiger partial charge < -0.3 is 10.1 Å². The van der Waals surface area contributed by atoms with Gasteiger partial charge in [-0.2, -0.15) is 11.8 Å². The molecular formula is C17H29NOS. The van der Waals surface area contributed by atoms with Crippen LogP contribution >= 0.6 is 11.8 Å². The fourth-order valence-electron chi connectivity index (χ4n) is 2.01. The van der Waals surface area contributed by atoms with E-state index >= 15 is 0 Å². The third-order valence-electron chi connectivity index (χ3n) is 2.91. The molecule has 1 aromatic carbocycles. The molecule has 3 heteroatoms. The lowest BCUT2D eigenvalue weighted by molar-refractivity contribution is 0.242. The maximum Gasteiger partial charge on any atom is 0.120 e. The minimum absolute atomic E-state index is 0.224. The number of ether oxygens (including phenoxy) is 1. The number of rotatable bonds is 10. The zero-order valence-electron chi connectivity index (χ0n) is 13.3. The van der Waals surface area contributed by atoms with Crippen LogP contribution < -0.4 is 10.1 Å². The molecule has 20 heavy (non-hydrogen) atoms. The molecule has 0 bridgehead atoms. The van der Waals surface area contributed by atoms with Crippen LogP contribution in [0.15, 0.2) is 24.3 Å². The van der Waals surface area contributed by atoms with Gasteiger partial charge >= 0.3 is 0 Å². The summed E-state index contributed by atoms with van der Waals surface area (Å²) in [5.41, 5.74) is 1.33. The van der Waals surface area contributed by atoms with E-state index in [4.69, 9.17) is 4.74 Å². The van der Waals surface area contributed by atoms with E-state index in [-0.39, 0.29) is 6.10 Å². The molecule has 0 aromatic heterocycles. The van der Waals surface area contributed by atoms with Crippen LogP contribution in [0.5, 0.6) is 5.75 Å². The standard InChI is InChI=1S/C17H29NOS/c1-5-10-18-17(13-20-11-6-2)15-8-7-9-16(12-15)19-14(3)4/h7-9,12,14,17-18H,5-6,10-11,13H2,1-4H3. The van der Waals surface area contributed by atoms with E-state index in [1.165, 1.54) is 17.7 Å². The van der Waals surface area contributed by atoms with Crippen molar-refractivity contribution in [1.82, 2.24) is 5.32 Å². The van der Waals surface area contributed by atoms with Crippen molar-refractivity contribution in [3.63, 3.8) is 0 Å². The Hall–Kier alpha value is -0.670. The molecule has 0 heterocycles. The molecule has 0 radical (unpaired) electrons. The first-order valence-electron chi connectivity index (χ1n) is 7.75. The Balaban J connectivity index is 2.71. The monoisotopic (exact) mass is 295 g/mol. The van der Waals surface area contributed by atoms with Gasteiger partial charge in [-0.1, -0.05) is 26.0 Å². The van der Waals surface area contributed by atoms with Crippen molar-refractivity contribution >= 4 is 11.8 Å². The highest BCUT2D eigenvalue weighted by atomic mass is 32.2. The van der Waals surface area contributed by atoms with Gasteiger partial charge in [0.1, 0.15) is 5.75 Å². The normalized spacial score (nSPS) is 12.7. The molecule has 0 amide bonds. The van der Waals surface area contributed by atoms with E-state index < -0.39 is 0 Å². The van der Waals surface area contributed by atoms with Gasteiger partial charge in [0.2, 0.25) is 0 Å². The molecule has 0 aliphatic rings. The summed E-state index contributed by atoms with van der Waals surface area (Å²) in [6.07, 6.45) is 2.63. The minimum atomic E-state index is 0.224. The lowest BCUT2D eigenvalue weighted by Gasteiger charge is -2.20. The summed E-state index contributed by atoms with van der Waals surface area (Å²) in [6, 6.07) is 8.94. The van der Waals surface area contributed by atoms with Gasteiger partial charge in [-0.3, -0.25) is 0 Å². The van der Waals surface area contributed by atoms with Crippen molar-refractivity contribution in [1.29, 1.82) is 0 Å². The van der Waals surface area contributed by atoms with E-state index in [0.717, 1.165) is 24.5 Å². The van der Waals surface area contributed by atoms with Crippen molar-refractivity contribution in [2.24, 2.45) is 0 Å². The maximum absolute atomic E-state index is 5.80. The van der Waals surface area contributed by atoms with Gasteiger partial charge in [0.25, 0.3) is 0 Å². The number of benzene rings is 1. The largest absolute Gasteiger partial charge is 0.491 e. The Morgan fingerprint density at radius 2 is 2.00 bits per heavy atom. The van der Waals surface area contributed by atoms with Crippen molar-refractivity contribution in [2.45, 2.75) is 52.7 Å². The number of nitrogens with one attached hydrogen (secondary N) is 1. The molecule has 0 aliphatic carbocycles. The summed E-state index contributed by atoms with van der Waals surface area (Å²) in [5, 5.41) is 3.65. The summed E-state index contributed by atoms with van der Waals surface area (Å²) in [5.74, 6) is 3.33. The second-order valence-electron chi connectivity index (χ2n) is 5.32. The second-order valence-corrected chi connectivity index (χ2v) is 6.47. The minimum Gasteiger partial charge on any atom is -0.491 e. The van der Waals surface area contributed by atoms with E-state index in [0.29, 0.717) is 6.04 Å². The fraction of sp³-hybridized carbons (Fsp3) is 0.647. The van der Waals surface area contributed by atoms with Crippen LogP contribution in [0, 0.1) is 0 Å². The number of hydrogen-bond acceptors (Lipinski definition) is 3. The molecule has 114 valence electrons. The number of hydrogen-bond donors (Lipinski definition) is 1. The van der Waals surface area contributed by atoms with Crippen molar-refractivity contribution < 1.29 is 4.74 Å². The van der Waals surface area contributed by atoms with Crippen molar-refractivity contribution in [3.8, 4) is 5.75 Å². The Kier molecular flexibility index (Phi) is 8.79. The highest BCUT2D eigenvalue weighted by molar-refractivity contribution is 7.99. The average Bonchev–Trinajstić information content (AvgIpc) is 2.42. The highest BCUT2D eigenvalue weighted by Gasteiger charge is 2.11. The van der Waals surface area contributed by atoms with E-state index in [1.54, 1.807) is 0 Å². The molecule has 0 aliphatic heterocycles. The van der Waals surface area contributed by atoms with Crippen LogP contribution in [-0.2, 0) is 0 Å². The van der Waals surface area contributed by atoms with Crippen LogP contribution in [0.2, 0.25) is 0 Å². The van der Waals surface area contributed by atoms with E-state index in [9.17, 15) is 0 Å². The van der Waals surface area contributed by atoms with Crippen LogP contribution in [0.3, 0.4) is 0 Å². The summed E-state index contributed by atoms with van der Waals surface area (Å²) in [4.78, 5) is 0. The van der Waals surface area contributed by atoms with Gasteiger partial charge in [-0.25, -0.2) is 0 Å². The Morgan fingerprint density at radius 1 is 1.20 bits per heavy atom. The molecule has 1 N–H and O–H groups in total. The zero-order valence-corrected chi connectivity index (χ0v) is 14.1. The third-order valence-corrected chi connectivity index (χ3v) is 4.17. The summed E-state index contributed by atoms with van der Waals surface area (Å²) in [6.45, 7) is 9.64. The first-order valence-corrected chi connectivity index (χ1v) is 8.90. The maximum atomic E-state index is 5.80. The van der Waals surface area contributed by atoms with Crippen LogP contribution in [0.4, 0.5) is 0 Å². The lowest BCUT2D eigenvalue weighted by Crippen LogP contribution is -2.24. The van der Waals surface area contributed by atoms with Crippen LogP contribution in [0.1, 0.15) is 52.1 Å². The highest BCUT2D eigenvalue weighted by Crippen LogP contribution is 2.23. The molecule has 1 unspecified atom stereocenters. The number of thioether (sulfide) groups is 1. The van der Waals surface area contributed by atoms with Gasteiger partial charge in [0.05, 0.1) is 6.10 Å². The van der Waals surface area contributed by atoms with Gasteiger partial charge in [0, 0.05) is 11.8 Å². The third kappa shape index (κ3) is 6.67. The summed E-state index contributed by atoms with van der Waals surface area (Å²) < 4.78 is 5.80. The molecule has 1 rings (SSSR count). The first kappa shape index (κ1) is 17.4. The average molecular weight is 295 g/mol. The van der Waals surface area contributed by atoms with Crippen LogP contribution in [-0.4, -0.2) is 24.2 Å². The first-order chi connectivity index (χ1) is 9.67. The molecule has 1 atom stereocenters. The fourth-order valence-corrected chi connectivity index (χ4v) is 3.02. The van der Waals surface area contributed by atoms with E-state index in [2.05, 4.69) is 51.2 Å². The second kappa shape index (κ2) is 10.1. The SMILES string of the molecule is CCCNC(CSCCC)c1cccc(OC(C)C)c1. The summed E-state index contributed by atoms with van der Waals surface area (Å²) in [7, 11) is 0. The van der Waals surface area contributed by atoms with Crippen molar-refractivity contribution in [2.75, 3.05) is 18.1 Å². The molecule has 0 saturated carbocycles. The molecule has 0 fully saturated rings. The smallest absolute Gasteiger partial charge is 0.120 e. The van der Waals surface area contributed by atoms with Gasteiger partial charge in [-0.15, -0.1) is 0 Å². The molecule has 2 nitrogen and oxygen atoms in total. The topological polar surface area (TPSA) is 21.3 Å². The summed E-state index contributed by atoms with van der Waals surface area (Å²) >= 11 is 2.02. The molecule has 0 saturated heterocycles. The Morgan fingerprint density at radius 3 is 2.65 bits per heavy atom.